The van der Waals surface area contributed by atoms with Crippen LogP contribution in [0.4, 0.5) is 5.82 Å². The summed E-state index contributed by atoms with van der Waals surface area (Å²) < 4.78 is 5.72. The van der Waals surface area contributed by atoms with Gasteiger partial charge in [-0.1, -0.05) is 11.6 Å². The van der Waals surface area contributed by atoms with Crippen LogP contribution < -0.4 is 10.2 Å². The molecule has 116 valence electrons. The Morgan fingerprint density at radius 2 is 2.29 bits per heavy atom. The summed E-state index contributed by atoms with van der Waals surface area (Å²) in [5, 5.41) is 4.23. The maximum atomic E-state index is 6.45. The van der Waals surface area contributed by atoms with Crippen LogP contribution in [0.15, 0.2) is 12.3 Å². The minimum Gasteiger partial charge on any atom is -0.376 e. The van der Waals surface area contributed by atoms with Crippen LogP contribution in [0.2, 0.25) is 5.02 Å². The number of hydrogen-bond donors (Lipinski definition) is 1. The van der Waals surface area contributed by atoms with Gasteiger partial charge < -0.3 is 15.0 Å². The number of anilines is 1. The topological polar surface area (TPSA) is 37.4 Å². The third kappa shape index (κ3) is 4.09. The van der Waals surface area contributed by atoms with E-state index in [0.29, 0.717) is 12.1 Å². The summed E-state index contributed by atoms with van der Waals surface area (Å²) in [4.78, 5) is 6.81. The molecule has 0 spiro atoms. The van der Waals surface area contributed by atoms with Crippen LogP contribution in [0.3, 0.4) is 0 Å². The molecular weight excluding hydrogens is 286 g/mol. The van der Waals surface area contributed by atoms with Gasteiger partial charge >= 0.3 is 0 Å². The van der Waals surface area contributed by atoms with Crippen molar-refractivity contribution in [3.63, 3.8) is 0 Å². The average molecular weight is 310 g/mol. The third-order valence-electron chi connectivity index (χ3n) is 4.18. The lowest BCUT2D eigenvalue weighted by Gasteiger charge is -2.26. The molecule has 1 unspecified atom stereocenters. The van der Waals surface area contributed by atoms with Crippen molar-refractivity contribution in [3.8, 4) is 0 Å². The first-order valence-electron chi connectivity index (χ1n) is 8.00. The molecule has 1 N–H and O–H groups in total. The Labute approximate surface area is 131 Å². The monoisotopic (exact) mass is 309 g/mol. The predicted octanol–water partition coefficient (Wildman–Crippen LogP) is 2.99. The summed E-state index contributed by atoms with van der Waals surface area (Å²) in [6.45, 7) is 5.65. The molecule has 2 heterocycles. The fourth-order valence-corrected chi connectivity index (χ4v) is 3.06. The third-order valence-corrected chi connectivity index (χ3v) is 4.46. The zero-order valence-corrected chi connectivity index (χ0v) is 13.4. The Balaban J connectivity index is 1.63. The number of nitrogens with one attached hydrogen (secondary N) is 1. The van der Waals surface area contributed by atoms with Crippen LogP contribution in [0.5, 0.6) is 0 Å². The maximum absolute atomic E-state index is 6.45. The Bertz CT molecular complexity index is 473. The molecule has 1 aliphatic carbocycles. The molecule has 5 heteroatoms. The fraction of sp³-hybridized carbons (Fsp3) is 0.688. The van der Waals surface area contributed by atoms with E-state index in [4.69, 9.17) is 16.3 Å². The van der Waals surface area contributed by atoms with Crippen LogP contribution in [0.1, 0.15) is 38.2 Å². The lowest BCUT2D eigenvalue weighted by molar-refractivity contribution is 0.115. The quantitative estimate of drug-likeness (QED) is 0.840. The number of nitrogens with zero attached hydrogens (tertiary/aromatic N) is 2. The Morgan fingerprint density at radius 1 is 1.43 bits per heavy atom. The molecule has 3 rings (SSSR count). The van der Waals surface area contributed by atoms with E-state index in [1.165, 1.54) is 12.8 Å². The van der Waals surface area contributed by atoms with Gasteiger partial charge in [-0.05, 0) is 44.2 Å². The van der Waals surface area contributed by atoms with E-state index in [0.717, 1.165) is 55.5 Å². The number of halogens is 1. The molecule has 1 aliphatic heterocycles. The summed E-state index contributed by atoms with van der Waals surface area (Å²) in [7, 11) is 0. The average Bonchev–Trinajstić information content (AvgIpc) is 3.18. The molecule has 0 bridgehead atoms. The molecule has 0 aromatic carbocycles. The lowest BCUT2D eigenvalue weighted by atomic mass is 10.2. The van der Waals surface area contributed by atoms with Crippen molar-refractivity contribution >= 4 is 17.4 Å². The Kier molecular flexibility index (Phi) is 4.99. The van der Waals surface area contributed by atoms with Gasteiger partial charge in [-0.15, -0.1) is 0 Å². The standard InChI is InChI=1S/C16H24ClN3O/c1-2-20(11-14-4-3-7-21-14)16-15(17)8-12(10-19-16)9-18-13-5-6-13/h8,10,13-14,18H,2-7,9,11H2,1H3. The van der Waals surface area contributed by atoms with Crippen molar-refractivity contribution in [1.82, 2.24) is 10.3 Å². The number of likely N-dealkylation sites (N-methyl/N-ethyl adjacent to an activating group) is 1. The highest BCUT2D eigenvalue weighted by Gasteiger charge is 2.22. The van der Waals surface area contributed by atoms with Crippen molar-refractivity contribution in [3.05, 3.63) is 22.8 Å². The molecule has 1 aromatic heterocycles. The van der Waals surface area contributed by atoms with Gasteiger partial charge in [-0.3, -0.25) is 0 Å². The molecule has 1 aromatic rings. The normalized spacial score (nSPS) is 21.7. The molecule has 2 aliphatic rings. The van der Waals surface area contributed by atoms with Crippen molar-refractivity contribution in [2.24, 2.45) is 0 Å². The van der Waals surface area contributed by atoms with Gasteiger partial charge in [-0.2, -0.15) is 0 Å². The number of aromatic nitrogens is 1. The minimum absolute atomic E-state index is 0.319. The van der Waals surface area contributed by atoms with Crippen LogP contribution in [-0.4, -0.2) is 36.8 Å². The summed E-state index contributed by atoms with van der Waals surface area (Å²) in [6.07, 6.45) is 7.15. The number of pyridine rings is 1. The highest BCUT2D eigenvalue weighted by molar-refractivity contribution is 6.33. The Morgan fingerprint density at radius 3 is 2.90 bits per heavy atom. The van der Waals surface area contributed by atoms with Crippen LogP contribution >= 0.6 is 11.6 Å². The van der Waals surface area contributed by atoms with Crippen molar-refractivity contribution < 1.29 is 4.74 Å². The molecule has 1 atom stereocenters. The lowest BCUT2D eigenvalue weighted by Crippen LogP contribution is -2.33. The smallest absolute Gasteiger partial charge is 0.147 e. The van der Waals surface area contributed by atoms with Gasteiger partial charge in [0.1, 0.15) is 5.82 Å². The van der Waals surface area contributed by atoms with Gasteiger partial charge in [-0.25, -0.2) is 4.98 Å². The highest BCUT2D eigenvalue weighted by atomic mass is 35.5. The van der Waals surface area contributed by atoms with E-state index in [2.05, 4.69) is 22.1 Å². The van der Waals surface area contributed by atoms with E-state index < -0.39 is 0 Å². The predicted molar refractivity (Wildman–Crippen MR) is 86.0 cm³/mol. The van der Waals surface area contributed by atoms with Gasteiger partial charge in [0.05, 0.1) is 11.1 Å². The summed E-state index contributed by atoms with van der Waals surface area (Å²) in [6, 6.07) is 2.74. The summed E-state index contributed by atoms with van der Waals surface area (Å²) in [5.41, 5.74) is 1.16. The molecule has 1 saturated carbocycles. The van der Waals surface area contributed by atoms with Crippen molar-refractivity contribution in [2.45, 2.75) is 51.3 Å². The second kappa shape index (κ2) is 6.95. The minimum atomic E-state index is 0.319. The van der Waals surface area contributed by atoms with Crippen molar-refractivity contribution in [2.75, 3.05) is 24.6 Å². The molecule has 0 amide bonds. The second-order valence-electron chi connectivity index (χ2n) is 5.98. The van der Waals surface area contributed by atoms with E-state index >= 15 is 0 Å². The summed E-state index contributed by atoms with van der Waals surface area (Å²) >= 11 is 6.45. The highest BCUT2D eigenvalue weighted by Crippen LogP contribution is 2.26. The summed E-state index contributed by atoms with van der Waals surface area (Å²) in [5.74, 6) is 0.879. The van der Waals surface area contributed by atoms with Crippen LogP contribution in [0, 0.1) is 0 Å². The Hall–Kier alpha value is -0.840. The molecule has 4 nitrogen and oxygen atoms in total. The molecule has 0 radical (unpaired) electrons. The number of ether oxygens (including phenoxy) is 1. The van der Waals surface area contributed by atoms with Crippen LogP contribution in [-0.2, 0) is 11.3 Å². The zero-order chi connectivity index (χ0) is 14.7. The molecule has 21 heavy (non-hydrogen) atoms. The van der Waals surface area contributed by atoms with Gasteiger partial charge in [0, 0.05) is 38.5 Å². The zero-order valence-electron chi connectivity index (χ0n) is 12.6. The largest absolute Gasteiger partial charge is 0.376 e. The van der Waals surface area contributed by atoms with Crippen LogP contribution in [0.25, 0.3) is 0 Å². The number of rotatable bonds is 7. The van der Waals surface area contributed by atoms with E-state index in [9.17, 15) is 0 Å². The van der Waals surface area contributed by atoms with E-state index in [-0.39, 0.29) is 0 Å². The first kappa shape index (κ1) is 15.1. The van der Waals surface area contributed by atoms with Gasteiger partial charge in [0.2, 0.25) is 0 Å². The molecule has 1 saturated heterocycles. The first-order chi connectivity index (χ1) is 10.3. The first-order valence-corrected chi connectivity index (χ1v) is 8.38. The maximum Gasteiger partial charge on any atom is 0.147 e. The van der Waals surface area contributed by atoms with E-state index in [1.807, 2.05) is 12.3 Å². The number of hydrogen-bond acceptors (Lipinski definition) is 4. The second-order valence-corrected chi connectivity index (χ2v) is 6.39. The SMILES string of the molecule is CCN(CC1CCCO1)c1ncc(CNC2CC2)cc1Cl. The van der Waals surface area contributed by atoms with Gasteiger partial charge in [0.15, 0.2) is 0 Å². The van der Waals surface area contributed by atoms with Crippen molar-refractivity contribution in [1.29, 1.82) is 0 Å². The molecular formula is C16H24ClN3O. The molecule has 2 fully saturated rings. The fourth-order valence-electron chi connectivity index (χ4n) is 2.75. The van der Waals surface area contributed by atoms with E-state index in [1.54, 1.807) is 0 Å². The van der Waals surface area contributed by atoms with Gasteiger partial charge in [0.25, 0.3) is 0 Å².